The highest BCUT2D eigenvalue weighted by Crippen LogP contribution is 2.21. The molecule has 1 aromatic carbocycles. The van der Waals surface area contributed by atoms with Gasteiger partial charge >= 0.3 is 6.01 Å². The molecule has 1 aromatic heterocycles. The van der Waals surface area contributed by atoms with E-state index in [0.29, 0.717) is 16.5 Å². The van der Waals surface area contributed by atoms with Gasteiger partial charge in [0.15, 0.2) is 5.82 Å². The Balaban J connectivity index is 2.20. The molecule has 0 aliphatic carbocycles. The zero-order chi connectivity index (χ0) is 11.5. The number of aromatic nitrogens is 2. The molecule has 0 bridgehead atoms. The van der Waals surface area contributed by atoms with Crippen LogP contribution in [0.2, 0.25) is 5.02 Å². The molecule has 2 aromatic rings. The molecule has 0 radical (unpaired) electrons. The highest BCUT2D eigenvalue weighted by atomic mass is 35.5. The standard InChI is InChI=1S/C10H9ClN4O/c11-6-1-3-7(4-2-6)16-10-14-5-8(12)9(13)15-10/h1-5H,12H2,(H2,13,14,15). The number of ether oxygens (including phenoxy) is 1. The number of anilines is 2. The molecule has 0 unspecified atom stereocenters. The van der Waals surface area contributed by atoms with Crippen molar-refractivity contribution in [2.75, 3.05) is 11.5 Å². The molecule has 2 rings (SSSR count). The van der Waals surface area contributed by atoms with Gasteiger partial charge in [0.25, 0.3) is 0 Å². The predicted molar refractivity (Wildman–Crippen MR) is 62.4 cm³/mol. The summed E-state index contributed by atoms with van der Waals surface area (Å²) in [6.45, 7) is 0. The zero-order valence-electron chi connectivity index (χ0n) is 8.22. The van der Waals surface area contributed by atoms with Gasteiger partial charge in [-0.05, 0) is 24.3 Å². The minimum Gasteiger partial charge on any atom is -0.424 e. The van der Waals surface area contributed by atoms with Gasteiger partial charge in [-0.2, -0.15) is 4.98 Å². The van der Waals surface area contributed by atoms with Gasteiger partial charge in [-0.1, -0.05) is 11.6 Å². The van der Waals surface area contributed by atoms with E-state index in [0.717, 1.165) is 0 Å². The van der Waals surface area contributed by atoms with Gasteiger partial charge in [-0.3, -0.25) is 0 Å². The lowest BCUT2D eigenvalue weighted by Crippen LogP contribution is -2.01. The van der Waals surface area contributed by atoms with Crippen LogP contribution in [0.15, 0.2) is 30.5 Å². The monoisotopic (exact) mass is 236 g/mol. The summed E-state index contributed by atoms with van der Waals surface area (Å²) in [5, 5.41) is 0.630. The molecule has 0 spiro atoms. The molecule has 0 atom stereocenters. The van der Waals surface area contributed by atoms with Crippen molar-refractivity contribution in [1.29, 1.82) is 0 Å². The van der Waals surface area contributed by atoms with Crippen LogP contribution in [0.1, 0.15) is 0 Å². The van der Waals surface area contributed by atoms with E-state index >= 15 is 0 Å². The quantitative estimate of drug-likeness (QED) is 0.834. The van der Waals surface area contributed by atoms with E-state index in [4.69, 9.17) is 27.8 Å². The number of hydrogen-bond acceptors (Lipinski definition) is 5. The summed E-state index contributed by atoms with van der Waals surface area (Å²) < 4.78 is 5.35. The Morgan fingerprint density at radius 1 is 1.12 bits per heavy atom. The van der Waals surface area contributed by atoms with Crippen molar-refractivity contribution in [2.45, 2.75) is 0 Å². The number of nitrogens with zero attached hydrogens (tertiary/aromatic N) is 2. The second-order valence-electron chi connectivity index (χ2n) is 3.05. The maximum absolute atomic E-state index is 5.74. The van der Waals surface area contributed by atoms with Crippen molar-refractivity contribution < 1.29 is 4.74 Å². The molecule has 0 fully saturated rings. The fraction of sp³-hybridized carbons (Fsp3) is 0. The molecular weight excluding hydrogens is 228 g/mol. The molecule has 4 N–H and O–H groups in total. The molecule has 5 nitrogen and oxygen atoms in total. The Labute approximate surface area is 97.0 Å². The summed E-state index contributed by atoms with van der Waals surface area (Å²) in [6.07, 6.45) is 1.40. The van der Waals surface area contributed by atoms with Crippen LogP contribution in [-0.2, 0) is 0 Å². The maximum atomic E-state index is 5.74. The van der Waals surface area contributed by atoms with Gasteiger partial charge < -0.3 is 16.2 Å². The Hall–Kier alpha value is -2.01. The minimum absolute atomic E-state index is 0.147. The van der Waals surface area contributed by atoms with Crippen LogP contribution in [0.3, 0.4) is 0 Å². The molecule has 0 aliphatic rings. The molecule has 0 aliphatic heterocycles. The summed E-state index contributed by atoms with van der Waals surface area (Å²) >= 11 is 5.74. The molecule has 1 heterocycles. The van der Waals surface area contributed by atoms with Crippen LogP contribution in [0.4, 0.5) is 11.5 Å². The van der Waals surface area contributed by atoms with Crippen molar-refractivity contribution in [3.63, 3.8) is 0 Å². The number of benzene rings is 1. The van der Waals surface area contributed by atoms with Gasteiger partial charge in [-0.25, -0.2) is 4.98 Å². The van der Waals surface area contributed by atoms with Crippen LogP contribution < -0.4 is 16.2 Å². The first kappa shape index (κ1) is 10.5. The SMILES string of the molecule is Nc1cnc(Oc2ccc(Cl)cc2)nc1N. The van der Waals surface area contributed by atoms with E-state index in [1.54, 1.807) is 24.3 Å². The number of nitrogen functional groups attached to an aromatic ring is 2. The first-order valence-electron chi connectivity index (χ1n) is 4.46. The normalized spacial score (nSPS) is 10.1. The first-order valence-corrected chi connectivity index (χ1v) is 4.84. The van der Waals surface area contributed by atoms with Crippen LogP contribution in [0, 0.1) is 0 Å². The van der Waals surface area contributed by atoms with E-state index in [1.165, 1.54) is 6.20 Å². The summed E-state index contributed by atoms with van der Waals surface area (Å²) in [6, 6.07) is 6.97. The zero-order valence-corrected chi connectivity index (χ0v) is 8.98. The lowest BCUT2D eigenvalue weighted by molar-refractivity contribution is 0.443. The molecule has 6 heteroatoms. The number of halogens is 1. The molecule has 0 saturated carbocycles. The third kappa shape index (κ3) is 2.32. The highest BCUT2D eigenvalue weighted by molar-refractivity contribution is 6.30. The van der Waals surface area contributed by atoms with Gasteiger partial charge in [0.1, 0.15) is 5.75 Å². The maximum Gasteiger partial charge on any atom is 0.324 e. The van der Waals surface area contributed by atoms with Gasteiger partial charge in [0.2, 0.25) is 0 Å². The average Bonchev–Trinajstić information content (AvgIpc) is 2.27. The van der Waals surface area contributed by atoms with E-state index in [-0.39, 0.29) is 11.8 Å². The largest absolute Gasteiger partial charge is 0.424 e. The minimum atomic E-state index is 0.147. The van der Waals surface area contributed by atoms with Crippen molar-refractivity contribution in [3.8, 4) is 11.8 Å². The Morgan fingerprint density at radius 3 is 2.44 bits per heavy atom. The smallest absolute Gasteiger partial charge is 0.324 e. The molecule has 0 saturated heterocycles. The second kappa shape index (κ2) is 4.24. The highest BCUT2D eigenvalue weighted by Gasteiger charge is 2.03. The van der Waals surface area contributed by atoms with Crippen molar-refractivity contribution in [2.24, 2.45) is 0 Å². The predicted octanol–water partition coefficient (Wildman–Crippen LogP) is 2.09. The Kier molecular flexibility index (Phi) is 2.78. The van der Waals surface area contributed by atoms with E-state index in [9.17, 15) is 0 Å². The summed E-state index contributed by atoms with van der Waals surface area (Å²) in [7, 11) is 0. The van der Waals surface area contributed by atoms with Crippen LogP contribution in [-0.4, -0.2) is 9.97 Å². The Bertz CT molecular complexity index is 501. The number of hydrogen-bond donors (Lipinski definition) is 2. The fourth-order valence-electron chi connectivity index (χ4n) is 1.04. The van der Waals surface area contributed by atoms with Gasteiger partial charge in [-0.15, -0.1) is 0 Å². The summed E-state index contributed by atoms with van der Waals surface area (Å²) in [5.41, 5.74) is 11.3. The first-order chi connectivity index (χ1) is 7.65. The van der Waals surface area contributed by atoms with Gasteiger partial charge in [0, 0.05) is 5.02 Å². The van der Waals surface area contributed by atoms with E-state index in [1.807, 2.05) is 0 Å². The van der Waals surface area contributed by atoms with Gasteiger partial charge in [0.05, 0.1) is 11.9 Å². The van der Waals surface area contributed by atoms with E-state index in [2.05, 4.69) is 9.97 Å². The third-order valence-electron chi connectivity index (χ3n) is 1.85. The number of nitrogens with two attached hydrogens (primary N) is 2. The van der Waals surface area contributed by atoms with Crippen molar-refractivity contribution in [3.05, 3.63) is 35.5 Å². The van der Waals surface area contributed by atoms with Crippen LogP contribution in [0.25, 0.3) is 0 Å². The molecule has 16 heavy (non-hydrogen) atoms. The van der Waals surface area contributed by atoms with Crippen LogP contribution >= 0.6 is 11.6 Å². The molecule has 0 amide bonds. The summed E-state index contributed by atoms with van der Waals surface area (Å²) in [5.74, 6) is 0.771. The topological polar surface area (TPSA) is 87.0 Å². The third-order valence-corrected chi connectivity index (χ3v) is 2.10. The van der Waals surface area contributed by atoms with Crippen LogP contribution in [0.5, 0.6) is 11.8 Å². The summed E-state index contributed by atoms with van der Waals surface area (Å²) in [4.78, 5) is 7.76. The van der Waals surface area contributed by atoms with Crippen molar-refractivity contribution >= 4 is 23.1 Å². The Morgan fingerprint density at radius 2 is 1.81 bits per heavy atom. The lowest BCUT2D eigenvalue weighted by Gasteiger charge is -2.04. The fourth-order valence-corrected chi connectivity index (χ4v) is 1.17. The second-order valence-corrected chi connectivity index (χ2v) is 3.49. The number of rotatable bonds is 2. The molecule has 82 valence electrons. The average molecular weight is 237 g/mol. The van der Waals surface area contributed by atoms with Crippen molar-refractivity contribution in [1.82, 2.24) is 9.97 Å². The lowest BCUT2D eigenvalue weighted by atomic mass is 10.3. The van der Waals surface area contributed by atoms with E-state index < -0.39 is 0 Å². The molecular formula is C10H9ClN4O.